The Morgan fingerprint density at radius 2 is 1.89 bits per heavy atom. The fourth-order valence-corrected chi connectivity index (χ4v) is 4.29. The van der Waals surface area contributed by atoms with Crippen molar-refractivity contribution in [3.05, 3.63) is 58.7 Å². The van der Waals surface area contributed by atoms with E-state index in [9.17, 15) is 13.2 Å². The molecule has 7 heteroatoms. The van der Waals surface area contributed by atoms with Gasteiger partial charge in [0.15, 0.2) is 0 Å². The van der Waals surface area contributed by atoms with Crippen LogP contribution in [0.3, 0.4) is 0 Å². The topological polar surface area (TPSA) is 78.5 Å². The van der Waals surface area contributed by atoms with Crippen molar-refractivity contribution in [1.29, 1.82) is 0 Å². The van der Waals surface area contributed by atoms with E-state index in [1.165, 1.54) is 10.6 Å². The van der Waals surface area contributed by atoms with Crippen LogP contribution < -0.4 is 10.6 Å². The normalized spacial score (nSPS) is 15.6. The zero-order valence-corrected chi connectivity index (χ0v) is 17.6. The molecule has 3 rings (SSSR count). The summed E-state index contributed by atoms with van der Waals surface area (Å²) in [7, 11) is -3.21. The molecule has 2 aromatic rings. The van der Waals surface area contributed by atoms with Crippen LogP contribution in [0.15, 0.2) is 36.4 Å². The van der Waals surface area contributed by atoms with Crippen molar-refractivity contribution in [2.24, 2.45) is 0 Å². The second-order valence-corrected chi connectivity index (χ2v) is 9.45. The van der Waals surface area contributed by atoms with Crippen LogP contribution in [0.1, 0.15) is 29.2 Å². The van der Waals surface area contributed by atoms with Gasteiger partial charge in [-0.05, 0) is 56.0 Å². The highest BCUT2D eigenvalue weighted by Gasteiger charge is 2.25. The Morgan fingerprint density at radius 3 is 2.57 bits per heavy atom. The van der Waals surface area contributed by atoms with Crippen molar-refractivity contribution in [2.45, 2.75) is 39.8 Å². The molecule has 28 heavy (non-hydrogen) atoms. The summed E-state index contributed by atoms with van der Waals surface area (Å²) in [6.45, 7) is 6.64. The number of hydrogen-bond acceptors (Lipinski definition) is 4. The number of fused-ring (bicyclic) bond motifs is 1. The number of hydrogen-bond donors (Lipinski definition) is 2. The second kappa shape index (κ2) is 7.93. The van der Waals surface area contributed by atoms with Gasteiger partial charge in [0.1, 0.15) is 6.04 Å². The Hall–Kier alpha value is -2.38. The van der Waals surface area contributed by atoms with Gasteiger partial charge in [-0.2, -0.15) is 4.31 Å². The van der Waals surface area contributed by atoms with Crippen LogP contribution in [0.25, 0.3) is 0 Å². The van der Waals surface area contributed by atoms with Crippen LogP contribution in [0.2, 0.25) is 0 Å². The first-order valence-corrected chi connectivity index (χ1v) is 11.2. The highest BCUT2D eigenvalue weighted by atomic mass is 32.2. The lowest BCUT2D eigenvalue weighted by molar-refractivity contribution is -0.116. The van der Waals surface area contributed by atoms with Gasteiger partial charge in [-0.15, -0.1) is 0 Å². The van der Waals surface area contributed by atoms with Crippen LogP contribution in [0, 0.1) is 13.8 Å². The van der Waals surface area contributed by atoms with E-state index in [2.05, 4.69) is 10.6 Å². The van der Waals surface area contributed by atoms with Crippen LogP contribution in [0.5, 0.6) is 0 Å². The summed E-state index contributed by atoms with van der Waals surface area (Å²) >= 11 is 0. The number of aryl methyl sites for hydroxylation is 2. The maximum Gasteiger partial charge on any atom is 0.246 e. The van der Waals surface area contributed by atoms with Crippen molar-refractivity contribution in [3.63, 3.8) is 0 Å². The third-order valence-electron chi connectivity index (χ3n) is 5.11. The first-order chi connectivity index (χ1) is 13.1. The fourth-order valence-electron chi connectivity index (χ4n) is 3.50. The van der Waals surface area contributed by atoms with Gasteiger partial charge < -0.3 is 10.6 Å². The van der Waals surface area contributed by atoms with Crippen LogP contribution in [-0.2, 0) is 27.8 Å². The van der Waals surface area contributed by atoms with Gasteiger partial charge in [0.05, 0.1) is 6.26 Å². The fraction of sp³-hybridized carbons (Fsp3) is 0.381. The lowest BCUT2D eigenvalue weighted by Crippen LogP contribution is -2.36. The number of carbonyl (C=O) groups is 1. The predicted molar refractivity (Wildman–Crippen MR) is 113 cm³/mol. The quantitative estimate of drug-likeness (QED) is 0.807. The van der Waals surface area contributed by atoms with E-state index in [1.807, 2.05) is 57.2 Å². The number of rotatable bonds is 5. The van der Waals surface area contributed by atoms with Crippen molar-refractivity contribution in [2.75, 3.05) is 23.4 Å². The Bertz CT molecular complexity index is 1000. The van der Waals surface area contributed by atoms with Gasteiger partial charge >= 0.3 is 0 Å². The number of anilines is 2. The van der Waals surface area contributed by atoms with Gasteiger partial charge in [-0.25, -0.2) is 8.42 Å². The average Bonchev–Trinajstić information content (AvgIpc) is 2.63. The minimum absolute atomic E-state index is 0.113. The number of carbonyl (C=O) groups excluding carboxylic acids is 1. The van der Waals surface area contributed by atoms with E-state index in [0.717, 1.165) is 33.6 Å². The molecule has 0 radical (unpaired) electrons. The lowest BCUT2D eigenvalue weighted by Gasteiger charge is -2.29. The van der Waals surface area contributed by atoms with Crippen molar-refractivity contribution < 1.29 is 13.2 Å². The summed E-state index contributed by atoms with van der Waals surface area (Å²) in [4.78, 5) is 12.6. The molecule has 0 fully saturated rings. The number of sulfonamides is 1. The molecule has 150 valence electrons. The van der Waals surface area contributed by atoms with Crippen molar-refractivity contribution in [3.8, 4) is 0 Å². The van der Waals surface area contributed by atoms with Gasteiger partial charge in [-0.1, -0.05) is 29.8 Å². The molecule has 1 unspecified atom stereocenters. The lowest BCUT2D eigenvalue weighted by atomic mass is 9.98. The molecule has 1 heterocycles. The van der Waals surface area contributed by atoms with Gasteiger partial charge in [0.2, 0.25) is 15.9 Å². The first-order valence-electron chi connectivity index (χ1n) is 9.35. The Kier molecular flexibility index (Phi) is 5.76. The highest BCUT2D eigenvalue weighted by Crippen LogP contribution is 2.28. The standard InChI is InChI=1S/C21H27N3O3S/c1-14-8-9-19(15(2)12-14)23-21(25)16(3)22-20-7-5-6-17-13-24(28(4,26)27)11-10-18(17)20/h5-9,12,16,22H,10-11,13H2,1-4H3,(H,23,25). The van der Waals surface area contributed by atoms with Crippen LogP contribution >= 0.6 is 0 Å². The number of amides is 1. The van der Waals surface area contributed by atoms with Crippen LogP contribution in [-0.4, -0.2) is 37.5 Å². The molecule has 0 saturated carbocycles. The Balaban J connectivity index is 1.73. The summed E-state index contributed by atoms with van der Waals surface area (Å²) in [5, 5.41) is 6.27. The molecular weight excluding hydrogens is 374 g/mol. The largest absolute Gasteiger partial charge is 0.374 e. The molecule has 1 aliphatic heterocycles. The van der Waals surface area contributed by atoms with E-state index in [0.29, 0.717) is 19.5 Å². The van der Waals surface area contributed by atoms with Crippen molar-refractivity contribution >= 4 is 27.3 Å². The molecule has 0 saturated heterocycles. The zero-order valence-electron chi connectivity index (χ0n) is 16.7. The van der Waals surface area contributed by atoms with E-state index in [1.54, 1.807) is 0 Å². The van der Waals surface area contributed by atoms with Crippen LogP contribution in [0.4, 0.5) is 11.4 Å². The minimum atomic E-state index is -3.21. The molecule has 6 nitrogen and oxygen atoms in total. The monoisotopic (exact) mass is 401 g/mol. The minimum Gasteiger partial charge on any atom is -0.374 e. The number of nitrogens with zero attached hydrogens (tertiary/aromatic N) is 1. The predicted octanol–water partition coefficient (Wildman–Crippen LogP) is 3.06. The zero-order chi connectivity index (χ0) is 20.5. The molecule has 1 aliphatic rings. The van der Waals surface area contributed by atoms with E-state index >= 15 is 0 Å². The maximum atomic E-state index is 12.6. The van der Waals surface area contributed by atoms with E-state index in [4.69, 9.17) is 0 Å². The summed E-state index contributed by atoms with van der Waals surface area (Å²) < 4.78 is 25.1. The van der Waals surface area contributed by atoms with Gasteiger partial charge in [-0.3, -0.25) is 4.79 Å². The molecule has 2 aromatic carbocycles. The average molecular weight is 402 g/mol. The Morgan fingerprint density at radius 1 is 1.14 bits per heavy atom. The molecule has 1 atom stereocenters. The molecular formula is C21H27N3O3S. The van der Waals surface area contributed by atoms with E-state index in [-0.39, 0.29) is 5.91 Å². The SMILES string of the molecule is Cc1ccc(NC(=O)C(C)Nc2cccc3c2CCN(S(C)(=O)=O)C3)c(C)c1. The van der Waals surface area contributed by atoms with Gasteiger partial charge in [0.25, 0.3) is 0 Å². The van der Waals surface area contributed by atoms with E-state index < -0.39 is 16.1 Å². The second-order valence-electron chi connectivity index (χ2n) is 7.46. The van der Waals surface area contributed by atoms with Crippen molar-refractivity contribution in [1.82, 2.24) is 4.31 Å². The third-order valence-corrected chi connectivity index (χ3v) is 6.35. The summed E-state index contributed by atoms with van der Waals surface area (Å²) in [6.07, 6.45) is 1.86. The smallest absolute Gasteiger partial charge is 0.246 e. The third kappa shape index (κ3) is 4.54. The number of benzene rings is 2. The molecule has 0 bridgehead atoms. The molecule has 2 N–H and O–H groups in total. The Labute approximate surface area is 167 Å². The summed E-state index contributed by atoms with van der Waals surface area (Å²) in [5.41, 5.74) is 5.92. The summed E-state index contributed by atoms with van der Waals surface area (Å²) in [5.74, 6) is -0.113. The molecule has 1 amide bonds. The highest BCUT2D eigenvalue weighted by molar-refractivity contribution is 7.88. The first kappa shape index (κ1) is 20.4. The molecule has 0 spiro atoms. The number of nitrogens with one attached hydrogen (secondary N) is 2. The molecule has 0 aliphatic carbocycles. The maximum absolute atomic E-state index is 12.6. The van der Waals surface area contributed by atoms with Gasteiger partial charge in [0, 0.05) is 24.5 Å². The summed E-state index contributed by atoms with van der Waals surface area (Å²) in [6, 6.07) is 11.3. The molecule has 0 aromatic heterocycles.